The van der Waals surface area contributed by atoms with Crippen LogP contribution >= 0.6 is 11.6 Å². The summed E-state index contributed by atoms with van der Waals surface area (Å²) in [6, 6.07) is 21.3. The SMILES string of the molecule is O=S(=O)(NC1c2cccc3cccc(c23)C1NCc1ccco1)c1ccc(Cl)cc1. The normalized spacial score (nSPS) is 18.2. The van der Waals surface area contributed by atoms with E-state index in [1.54, 1.807) is 18.4 Å². The standard InChI is InChI=1S/C23H19ClN2O3S/c24-16-9-11-18(12-10-16)30(27,28)26-23-20-8-2-5-15-4-1-7-19(21(15)20)22(23)25-14-17-6-3-13-29-17/h1-13,22-23,25-26H,14H2. The molecule has 3 aromatic carbocycles. The van der Waals surface area contributed by atoms with Gasteiger partial charge in [0, 0.05) is 5.02 Å². The molecule has 0 fully saturated rings. The van der Waals surface area contributed by atoms with Crippen LogP contribution in [0.5, 0.6) is 0 Å². The molecule has 30 heavy (non-hydrogen) atoms. The maximum Gasteiger partial charge on any atom is 0.241 e. The van der Waals surface area contributed by atoms with E-state index in [9.17, 15) is 8.42 Å². The van der Waals surface area contributed by atoms with Gasteiger partial charge >= 0.3 is 0 Å². The number of hydrogen-bond acceptors (Lipinski definition) is 4. The Kier molecular flexibility index (Phi) is 4.87. The number of halogens is 1. The summed E-state index contributed by atoms with van der Waals surface area (Å²) in [5, 5.41) is 6.14. The largest absolute Gasteiger partial charge is 0.468 e. The van der Waals surface area contributed by atoms with Gasteiger partial charge in [-0.1, -0.05) is 48.0 Å². The van der Waals surface area contributed by atoms with Gasteiger partial charge < -0.3 is 9.73 Å². The van der Waals surface area contributed by atoms with Crippen LogP contribution in [-0.2, 0) is 16.6 Å². The molecule has 7 heteroatoms. The van der Waals surface area contributed by atoms with Gasteiger partial charge in [-0.05, 0) is 58.3 Å². The average Bonchev–Trinajstić information content (AvgIpc) is 3.35. The van der Waals surface area contributed by atoms with Gasteiger partial charge in [-0.3, -0.25) is 0 Å². The minimum atomic E-state index is -3.75. The molecule has 0 radical (unpaired) electrons. The van der Waals surface area contributed by atoms with E-state index in [-0.39, 0.29) is 10.9 Å². The third kappa shape index (κ3) is 3.42. The third-order valence-electron chi connectivity index (χ3n) is 5.45. The summed E-state index contributed by atoms with van der Waals surface area (Å²) in [5.41, 5.74) is 2.02. The first kappa shape index (κ1) is 19.3. The van der Waals surface area contributed by atoms with Crippen LogP contribution in [0.3, 0.4) is 0 Å². The molecule has 1 heterocycles. The van der Waals surface area contributed by atoms with Gasteiger partial charge in [0.2, 0.25) is 10.0 Å². The molecule has 2 atom stereocenters. The second-order valence-electron chi connectivity index (χ2n) is 7.28. The zero-order valence-corrected chi connectivity index (χ0v) is 17.5. The van der Waals surface area contributed by atoms with E-state index >= 15 is 0 Å². The molecule has 0 saturated carbocycles. The van der Waals surface area contributed by atoms with Crippen molar-refractivity contribution < 1.29 is 12.8 Å². The molecule has 0 aliphatic heterocycles. The number of nitrogens with one attached hydrogen (secondary N) is 2. The van der Waals surface area contributed by atoms with Crippen LogP contribution in [0.1, 0.15) is 29.0 Å². The quantitative estimate of drug-likeness (QED) is 0.446. The first-order chi connectivity index (χ1) is 14.5. The van der Waals surface area contributed by atoms with Crippen LogP contribution in [0.25, 0.3) is 10.8 Å². The predicted octanol–water partition coefficient (Wildman–Crippen LogP) is 4.95. The van der Waals surface area contributed by atoms with E-state index in [1.165, 1.54) is 12.1 Å². The average molecular weight is 439 g/mol. The first-order valence-electron chi connectivity index (χ1n) is 9.58. The first-order valence-corrected chi connectivity index (χ1v) is 11.4. The molecule has 4 aromatic rings. The Bertz CT molecular complexity index is 1300. The molecule has 0 saturated heterocycles. The third-order valence-corrected chi connectivity index (χ3v) is 7.16. The van der Waals surface area contributed by atoms with Gasteiger partial charge in [0.05, 0.1) is 29.8 Å². The molecule has 1 aliphatic rings. The van der Waals surface area contributed by atoms with Crippen molar-refractivity contribution in [2.24, 2.45) is 0 Å². The van der Waals surface area contributed by atoms with Crippen molar-refractivity contribution in [1.29, 1.82) is 0 Å². The maximum absolute atomic E-state index is 13.1. The van der Waals surface area contributed by atoms with E-state index in [4.69, 9.17) is 16.0 Å². The van der Waals surface area contributed by atoms with Crippen molar-refractivity contribution in [3.63, 3.8) is 0 Å². The van der Waals surface area contributed by atoms with Crippen LogP contribution in [-0.4, -0.2) is 8.42 Å². The van der Waals surface area contributed by atoms with Crippen molar-refractivity contribution in [3.8, 4) is 0 Å². The van der Waals surface area contributed by atoms with Crippen LogP contribution < -0.4 is 10.0 Å². The van der Waals surface area contributed by atoms with Crippen molar-refractivity contribution in [2.75, 3.05) is 0 Å². The van der Waals surface area contributed by atoms with E-state index in [2.05, 4.69) is 10.0 Å². The van der Waals surface area contributed by atoms with Gasteiger partial charge in [0.15, 0.2) is 0 Å². The summed E-state index contributed by atoms with van der Waals surface area (Å²) in [4.78, 5) is 0.180. The summed E-state index contributed by atoms with van der Waals surface area (Å²) in [6.07, 6.45) is 1.63. The Morgan fingerprint density at radius 1 is 0.867 bits per heavy atom. The highest BCUT2D eigenvalue weighted by atomic mass is 35.5. The van der Waals surface area contributed by atoms with Crippen molar-refractivity contribution in [3.05, 3.63) is 101 Å². The molecule has 0 spiro atoms. The molecule has 152 valence electrons. The van der Waals surface area contributed by atoms with Gasteiger partial charge in [0.1, 0.15) is 5.76 Å². The maximum atomic E-state index is 13.1. The molecular formula is C23H19ClN2O3S. The lowest BCUT2D eigenvalue weighted by Crippen LogP contribution is -2.36. The second kappa shape index (κ2) is 7.56. The number of sulfonamides is 1. The fourth-order valence-corrected chi connectivity index (χ4v) is 5.46. The van der Waals surface area contributed by atoms with Gasteiger partial charge in [-0.2, -0.15) is 0 Å². The number of benzene rings is 3. The fourth-order valence-electron chi connectivity index (χ4n) is 4.11. The Balaban J connectivity index is 1.54. The monoisotopic (exact) mass is 438 g/mol. The molecule has 2 N–H and O–H groups in total. The summed E-state index contributed by atoms with van der Waals surface area (Å²) in [5.74, 6) is 0.789. The lowest BCUT2D eigenvalue weighted by atomic mass is 10.0. The van der Waals surface area contributed by atoms with E-state index < -0.39 is 16.1 Å². The van der Waals surface area contributed by atoms with Crippen LogP contribution in [0, 0.1) is 0 Å². The Morgan fingerprint density at radius 2 is 1.57 bits per heavy atom. The highest BCUT2D eigenvalue weighted by Gasteiger charge is 2.37. The molecule has 5 rings (SSSR count). The van der Waals surface area contributed by atoms with Gasteiger partial charge in [0.25, 0.3) is 0 Å². The van der Waals surface area contributed by atoms with Crippen LogP contribution in [0.4, 0.5) is 0 Å². The van der Waals surface area contributed by atoms with Crippen LogP contribution in [0.15, 0.2) is 88.4 Å². The van der Waals surface area contributed by atoms with Crippen molar-refractivity contribution >= 4 is 32.4 Å². The zero-order valence-electron chi connectivity index (χ0n) is 15.9. The lowest BCUT2D eigenvalue weighted by Gasteiger charge is -2.24. The van der Waals surface area contributed by atoms with E-state index in [0.717, 1.165) is 27.7 Å². The molecule has 0 amide bonds. The fraction of sp³-hybridized carbons (Fsp3) is 0.130. The summed E-state index contributed by atoms with van der Waals surface area (Å²) in [7, 11) is -3.75. The van der Waals surface area contributed by atoms with E-state index in [1.807, 2.05) is 48.5 Å². The van der Waals surface area contributed by atoms with E-state index in [0.29, 0.717) is 11.6 Å². The topological polar surface area (TPSA) is 71.3 Å². The molecule has 1 aliphatic carbocycles. The Hall–Kier alpha value is -2.64. The molecular weight excluding hydrogens is 420 g/mol. The lowest BCUT2D eigenvalue weighted by molar-refractivity contribution is 0.405. The van der Waals surface area contributed by atoms with Gasteiger partial charge in [-0.25, -0.2) is 13.1 Å². The number of hydrogen-bond donors (Lipinski definition) is 2. The minimum Gasteiger partial charge on any atom is -0.468 e. The number of furan rings is 1. The number of rotatable bonds is 6. The summed E-state index contributed by atoms with van der Waals surface area (Å²) < 4.78 is 34.7. The molecule has 1 aromatic heterocycles. The minimum absolute atomic E-state index is 0.180. The second-order valence-corrected chi connectivity index (χ2v) is 9.43. The summed E-state index contributed by atoms with van der Waals surface area (Å²) >= 11 is 5.93. The smallest absolute Gasteiger partial charge is 0.241 e. The highest BCUT2D eigenvalue weighted by molar-refractivity contribution is 7.89. The summed E-state index contributed by atoms with van der Waals surface area (Å²) in [6.45, 7) is 0.487. The molecule has 5 nitrogen and oxygen atoms in total. The zero-order chi connectivity index (χ0) is 20.7. The molecule has 0 bridgehead atoms. The Labute approximate surface area is 179 Å². The van der Waals surface area contributed by atoms with Crippen molar-refractivity contribution in [2.45, 2.75) is 23.5 Å². The van der Waals surface area contributed by atoms with Gasteiger partial charge in [-0.15, -0.1) is 0 Å². The van der Waals surface area contributed by atoms with Crippen molar-refractivity contribution in [1.82, 2.24) is 10.0 Å². The molecule has 2 unspecified atom stereocenters. The Morgan fingerprint density at radius 3 is 2.23 bits per heavy atom. The highest BCUT2D eigenvalue weighted by Crippen LogP contribution is 2.44. The van der Waals surface area contributed by atoms with Crippen LogP contribution in [0.2, 0.25) is 5.02 Å². The predicted molar refractivity (Wildman–Crippen MR) is 117 cm³/mol.